The Morgan fingerprint density at radius 2 is 1.91 bits per heavy atom. The minimum absolute atomic E-state index is 0.0484. The van der Waals surface area contributed by atoms with Gasteiger partial charge >= 0.3 is 0 Å². The van der Waals surface area contributed by atoms with Crippen molar-refractivity contribution in [2.45, 2.75) is 83.1 Å². The summed E-state index contributed by atoms with van der Waals surface area (Å²) in [5.74, 6) is -0.789. The molecule has 4 heterocycles. The Bertz CT molecular complexity index is 1070. The maximum atomic E-state index is 13.6. The highest BCUT2D eigenvalue weighted by molar-refractivity contribution is 5.85. The Hall–Kier alpha value is -2.78. The molecule has 2 saturated heterocycles. The van der Waals surface area contributed by atoms with Gasteiger partial charge in [-0.05, 0) is 32.1 Å². The zero-order valence-electron chi connectivity index (χ0n) is 20.1. The molecule has 0 aromatic carbocycles. The SMILES string of the molecule is CC(C)(C)c1cc(Nc2nc(N3CCC[C@H]3C(=O)N3CCC(F)(F)CC3)nc3c2CCC3)n[nH]1. The number of aromatic nitrogens is 4. The number of H-pyrrole nitrogens is 1. The summed E-state index contributed by atoms with van der Waals surface area (Å²) in [6, 6.07) is 1.59. The van der Waals surface area contributed by atoms with Gasteiger partial charge in [0.1, 0.15) is 11.9 Å². The van der Waals surface area contributed by atoms with Gasteiger partial charge in [-0.3, -0.25) is 9.89 Å². The number of carbonyl (C=O) groups excluding carboxylic acids is 1. The molecular formula is C24H33F2N7O. The van der Waals surface area contributed by atoms with Gasteiger partial charge in [0.15, 0.2) is 5.82 Å². The maximum Gasteiger partial charge on any atom is 0.251 e. The van der Waals surface area contributed by atoms with Gasteiger partial charge in [-0.1, -0.05) is 20.8 Å². The van der Waals surface area contributed by atoms with E-state index in [1.165, 1.54) is 0 Å². The highest BCUT2D eigenvalue weighted by Gasteiger charge is 2.41. The van der Waals surface area contributed by atoms with E-state index < -0.39 is 12.0 Å². The van der Waals surface area contributed by atoms with Crippen LogP contribution in [-0.4, -0.2) is 62.6 Å². The summed E-state index contributed by atoms with van der Waals surface area (Å²) in [5, 5.41) is 10.9. The fourth-order valence-corrected chi connectivity index (χ4v) is 5.07. The molecule has 2 fully saturated rings. The number of piperidine rings is 1. The van der Waals surface area contributed by atoms with Crippen LogP contribution in [0.5, 0.6) is 0 Å². The van der Waals surface area contributed by atoms with Crippen molar-refractivity contribution in [3.8, 4) is 0 Å². The van der Waals surface area contributed by atoms with Gasteiger partial charge in [0.05, 0.1) is 5.69 Å². The molecule has 2 aromatic heterocycles. The fourth-order valence-electron chi connectivity index (χ4n) is 5.07. The van der Waals surface area contributed by atoms with E-state index in [9.17, 15) is 13.6 Å². The summed E-state index contributed by atoms with van der Waals surface area (Å²) in [6.45, 7) is 7.25. The Kier molecular flexibility index (Phi) is 5.72. The van der Waals surface area contributed by atoms with Crippen molar-refractivity contribution in [2.75, 3.05) is 29.9 Å². The number of anilines is 3. The Morgan fingerprint density at radius 3 is 2.62 bits per heavy atom. The smallest absolute Gasteiger partial charge is 0.251 e. The van der Waals surface area contributed by atoms with E-state index >= 15 is 0 Å². The first kappa shape index (κ1) is 23.0. The fraction of sp³-hybridized carbons (Fsp3) is 0.667. The number of aromatic amines is 1. The number of nitrogens with zero attached hydrogens (tertiary/aromatic N) is 5. The lowest BCUT2D eigenvalue weighted by atomic mass is 9.92. The molecule has 1 aliphatic carbocycles. The van der Waals surface area contributed by atoms with E-state index in [-0.39, 0.29) is 37.3 Å². The summed E-state index contributed by atoms with van der Waals surface area (Å²) >= 11 is 0. The normalized spacial score (nSPS) is 22.2. The van der Waals surface area contributed by atoms with Gasteiger partial charge in [0, 0.05) is 55.2 Å². The molecule has 2 N–H and O–H groups in total. The van der Waals surface area contributed by atoms with Gasteiger partial charge in [-0.2, -0.15) is 10.1 Å². The van der Waals surface area contributed by atoms with Crippen LogP contribution in [0, 0.1) is 0 Å². The number of hydrogen-bond donors (Lipinski definition) is 2. The number of hydrogen-bond acceptors (Lipinski definition) is 6. The minimum atomic E-state index is -2.67. The molecule has 0 bridgehead atoms. The van der Waals surface area contributed by atoms with Gasteiger partial charge in [-0.15, -0.1) is 0 Å². The van der Waals surface area contributed by atoms with Crippen LogP contribution in [0.15, 0.2) is 6.07 Å². The molecule has 0 saturated carbocycles. The summed E-state index contributed by atoms with van der Waals surface area (Å²) in [4.78, 5) is 26.5. The summed E-state index contributed by atoms with van der Waals surface area (Å²) in [7, 11) is 0. The van der Waals surface area contributed by atoms with Crippen LogP contribution in [0.2, 0.25) is 0 Å². The second-order valence-corrected chi connectivity index (χ2v) is 10.7. The van der Waals surface area contributed by atoms with Crippen LogP contribution < -0.4 is 10.2 Å². The summed E-state index contributed by atoms with van der Waals surface area (Å²) < 4.78 is 27.2. The maximum absolute atomic E-state index is 13.6. The highest BCUT2D eigenvalue weighted by Crippen LogP contribution is 2.34. The van der Waals surface area contributed by atoms with E-state index in [1.54, 1.807) is 4.90 Å². The van der Waals surface area contributed by atoms with Crippen LogP contribution in [0.3, 0.4) is 0 Å². The first-order valence-corrected chi connectivity index (χ1v) is 12.3. The van der Waals surface area contributed by atoms with Crippen LogP contribution in [-0.2, 0) is 23.1 Å². The first-order chi connectivity index (χ1) is 16.1. The predicted octanol–water partition coefficient (Wildman–Crippen LogP) is 3.96. The summed E-state index contributed by atoms with van der Waals surface area (Å²) in [5.41, 5.74) is 3.09. The molecule has 1 atom stereocenters. The Morgan fingerprint density at radius 1 is 1.15 bits per heavy atom. The zero-order chi connectivity index (χ0) is 24.1. The molecule has 3 aliphatic rings. The third-order valence-electron chi connectivity index (χ3n) is 7.16. The number of halogens is 2. The molecule has 8 nitrogen and oxygen atoms in total. The number of fused-ring (bicyclic) bond motifs is 1. The number of aryl methyl sites for hydroxylation is 1. The summed E-state index contributed by atoms with van der Waals surface area (Å²) in [6.07, 6.45) is 3.78. The van der Waals surface area contributed by atoms with Crippen molar-refractivity contribution in [1.82, 2.24) is 25.1 Å². The average molecular weight is 474 g/mol. The molecule has 0 spiro atoms. The largest absolute Gasteiger partial charge is 0.340 e. The standard InChI is InChI=1S/C24H33F2N7O/c1-23(2,3)18-14-19(31-30-18)28-20-15-6-4-7-16(15)27-22(29-20)33-11-5-8-17(33)21(34)32-12-9-24(25,26)10-13-32/h14,17H,4-13H2,1-3H3,(H2,27,28,29,30,31)/t17-/m0/s1. The first-order valence-electron chi connectivity index (χ1n) is 12.3. The van der Waals surface area contributed by atoms with E-state index in [0.717, 1.165) is 48.5 Å². The van der Waals surface area contributed by atoms with E-state index in [1.807, 2.05) is 11.0 Å². The van der Waals surface area contributed by atoms with Crippen molar-refractivity contribution in [3.05, 3.63) is 23.0 Å². The molecule has 5 rings (SSSR count). The quantitative estimate of drug-likeness (QED) is 0.699. The Balaban J connectivity index is 1.39. The van der Waals surface area contributed by atoms with E-state index in [4.69, 9.17) is 9.97 Å². The number of carbonyl (C=O) groups is 1. The van der Waals surface area contributed by atoms with Gasteiger partial charge in [0.2, 0.25) is 11.9 Å². The van der Waals surface area contributed by atoms with Crippen molar-refractivity contribution in [3.63, 3.8) is 0 Å². The van der Waals surface area contributed by atoms with Crippen LogP contribution >= 0.6 is 0 Å². The van der Waals surface area contributed by atoms with Crippen molar-refractivity contribution in [1.29, 1.82) is 0 Å². The Labute approximate surface area is 198 Å². The molecule has 2 aliphatic heterocycles. The average Bonchev–Trinajstić information content (AvgIpc) is 3.52. The number of likely N-dealkylation sites (tertiary alicyclic amines) is 1. The topological polar surface area (TPSA) is 90.0 Å². The molecule has 2 aromatic rings. The monoisotopic (exact) mass is 473 g/mol. The lowest BCUT2D eigenvalue weighted by Crippen LogP contribution is -2.50. The number of nitrogens with one attached hydrogen (secondary N) is 2. The van der Waals surface area contributed by atoms with Gasteiger partial charge < -0.3 is 15.1 Å². The van der Waals surface area contributed by atoms with Crippen molar-refractivity contribution in [2.24, 2.45) is 0 Å². The zero-order valence-corrected chi connectivity index (χ0v) is 20.1. The number of rotatable bonds is 4. The van der Waals surface area contributed by atoms with Gasteiger partial charge in [0.25, 0.3) is 5.92 Å². The minimum Gasteiger partial charge on any atom is -0.340 e. The van der Waals surface area contributed by atoms with E-state index in [0.29, 0.717) is 24.7 Å². The van der Waals surface area contributed by atoms with Crippen LogP contribution in [0.1, 0.15) is 69.8 Å². The second-order valence-electron chi connectivity index (χ2n) is 10.7. The highest BCUT2D eigenvalue weighted by atomic mass is 19.3. The van der Waals surface area contributed by atoms with Gasteiger partial charge in [-0.25, -0.2) is 13.8 Å². The number of alkyl halides is 2. The third-order valence-corrected chi connectivity index (χ3v) is 7.16. The molecule has 10 heteroatoms. The molecular weight excluding hydrogens is 440 g/mol. The van der Waals surface area contributed by atoms with Crippen LogP contribution in [0.4, 0.5) is 26.4 Å². The lowest BCUT2D eigenvalue weighted by Gasteiger charge is -2.35. The number of amides is 1. The predicted molar refractivity (Wildman–Crippen MR) is 126 cm³/mol. The third kappa shape index (κ3) is 4.46. The van der Waals surface area contributed by atoms with Crippen LogP contribution in [0.25, 0.3) is 0 Å². The lowest BCUT2D eigenvalue weighted by molar-refractivity contribution is -0.138. The second kappa shape index (κ2) is 8.46. The van der Waals surface area contributed by atoms with E-state index in [2.05, 4.69) is 36.3 Å². The molecule has 184 valence electrons. The van der Waals surface area contributed by atoms with Crippen molar-refractivity contribution >= 4 is 23.5 Å². The molecule has 1 amide bonds. The molecule has 0 unspecified atom stereocenters. The van der Waals surface area contributed by atoms with Crippen molar-refractivity contribution < 1.29 is 13.6 Å². The molecule has 34 heavy (non-hydrogen) atoms. The molecule has 0 radical (unpaired) electrons.